The van der Waals surface area contributed by atoms with E-state index in [1.165, 1.54) is 44.9 Å². The largest absolute Gasteiger partial charge is 0.371 e. The van der Waals surface area contributed by atoms with Crippen LogP contribution in [-0.4, -0.2) is 12.2 Å². The molecule has 1 aliphatic heterocycles. The van der Waals surface area contributed by atoms with Crippen LogP contribution in [0.5, 0.6) is 0 Å². The van der Waals surface area contributed by atoms with Crippen molar-refractivity contribution in [3.8, 4) is 0 Å². The lowest BCUT2D eigenvalue weighted by Gasteiger charge is -2.30. The maximum atomic E-state index is 6.05. The van der Waals surface area contributed by atoms with Crippen LogP contribution in [0.15, 0.2) is 12.7 Å². The van der Waals surface area contributed by atoms with Crippen molar-refractivity contribution in [2.24, 2.45) is 5.92 Å². The van der Waals surface area contributed by atoms with Gasteiger partial charge < -0.3 is 4.74 Å². The zero-order chi connectivity index (χ0) is 9.10. The summed E-state index contributed by atoms with van der Waals surface area (Å²) in [7, 11) is 0. The predicted molar refractivity (Wildman–Crippen MR) is 54.7 cm³/mol. The highest BCUT2D eigenvalue weighted by Crippen LogP contribution is 2.34. The number of hydrogen-bond acceptors (Lipinski definition) is 1. The number of fused-ring (bicyclic) bond motifs is 1. The van der Waals surface area contributed by atoms with Crippen molar-refractivity contribution in [3.05, 3.63) is 12.7 Å². The molecular formula is C12H20O. The van der Waals surface area contributed by atoms with Gasteiger partial charge in [-0.2, -0.15) is 0 Å². The van der Waals surface area contributed by atoms with E-state index in [9.17, 15) is 0 Å². The monoisotopic (exact) mass is 180 g/mol. The molecule has 1 aliphatic carbocycles. The Labute approximate surface area is 81.2 Å². The first-order valence-electron chi connectivity index (χ1n) is 5.68. The van der Waals surface area contributed by atoms with Gasteiger partial charge in [-0.3, -0.25) is 0 Å². The Bertz CT molecular complexity index is 176. The third-order valence-corrected chi connectivity index (χ3v) is 3.52. The summed E-state index contributed by atoms with van der Waals surface area (Å²) in [5.41, 5.74) is 0. The van der Waals surface area contributed by atoms with E-state index in [-0.39, 0.29) is 0 Å². The summed E-state index contributed by atoms with van der Waals surface area (Å²) in [6.07, 6.45) is 12.3. The Balaban J connectivity index is 1.98. The van der Waals surface area contributed by atoms with Gasteiger partial charge in [-0.15, -0.1) is 6.58 Å². The third-order valence-electron chi connectivity index (χ3n) is 3.52. The SMILES string of the molecule is C=C[C@@H]1CCC[C@@H]2CCCC[C@@H]2O1. The van der Waals surface area contributed by atoms with E-state index in [4.69, 9.17) is 4.74 Å². The van der Waals surface area contributed by atoms with Crippen LogP contribution < -0.4 is 0 Å². The van der Waals surface area contributed by atoms with Crippen molar-refractivity contribution in [1.82, 2.24) is 0 Å². The lowest BCUT2D eigenvalue weighted by molar-refractivity contribution is -0.0287. The van der Waals surface area contributed by atoms with Crippen LogP contribution >= 0.6 is 0 Å². The van der Waals surface area contributed by atoms with Crippen LogP contribution in [0.3, 0.4) is 0 Å². The molecule has 0 aromatic rings. The lowest BCUT2D eigenvalue weighted by atomic mass is 9.84. The standard InChI is InChI=1S/C12H20O/c1-2-11-8-5-7-10-6-3-4-9-12(10)13-11/h2,10-12H,1,3-9H2/t10-,11+,12-/m0/s1. The van der Waals surface area contributed by atoms with E-state index in [1.54, 1.807) is 0 Å². The third kappa shape index (κ3) is 2.14. The molecule has 0 spiro atoms. The van der Waals surface area contributed by atoms with E-state index in [0.29, 0.717) is 12.2 Å². The van der Waals surface area contributed by atoms with Gasteiger partial charge in [0.25, 0.3) is 0 Å². The molecular weight excluding hydrogens is 160 g/mol. The van der Waals surface area contributed by atoms with E-state index in [0.717, 1.165) is 5.92 Å². The summed E-state index contributed by atoms with van der Waals surface area (Å²) in [5, 5.41) is 0. The Hall–Kier alpha value is -0.300. The minimum atomic E-state index is 0.341. The molecule has 0 amide bonds. The topological polar surface area (TPSA) is 9.23 Å². The van der Waals surface area contributed by atoms with Crippen LogP contribution in [0.2, 0.25) is 0 Å². The lowest BCUT2D eigenvalue weighted by Crippen LogP contribution is -2.28. The molecule has 2 fully saturated rings. The number of ether oxygens (including phenoxy) is 1. The minimum Gasteiger partial charge on any atom is -0.371 e. The van der Waals surface area contributed by atoms with Crippen molar-refractivity contribution in [2.75, 3.05) is 0 Å². The Morgan fingerprint density at radius 1 is 1.00 bits per heavy atom. The molecule has 3 atom stereocenters. The second-order valence-corrected chi connectivity index (χ2v) is 4.42. The Morgan fingerprint density at radius 3 is 2.62 bits per heavy atom. The van der Waals surface area contributed by atoms with Gasteiger partial charge in [0, 0.05) is 0 Å². The zero-order valence-corrected chi connectivity index (χ0v) is 8.37. The summed E-state index contributed by atoms with van der Waals surface area (Å²) in [4.78, 5) is 0. The van der Waals surface area contributed by atoms with Gasteiger partial charge in [-0.1, -0.05) is 25.3 Å². The fourth-order valence-corrected chi connectivity index (χ4v) is 2.73. The summed E-state index contributed by atoms with van der Waals surface area (Å²) >= 11 is 0. The van der Waals surface area contributed by atoms with Crippen molar-refractivity contribution in [1.29, 1.82) is 0 Å². The average molecular weight is 180 g/mol. The predicted octanol–water partition coefficient (Wildman–Crippen LogP) is 3.30. The first-order valence-corrected chi connectivity index (χ1v) is 5.68. The van der Waals surface area contributed by atoms with Gasteiger partial charge in [-0.05, 0) is 31.6 Å². The molecule has 0 bridgehead atoms. The number of rotatable bonds is 1. The molecule has 1 heteroatoms. The molecule has 1 heterocycles. The maximum absolute atomic E-state index is 6.05. The summed E-state index contributed by atoms with van der Waals surface area (Å²) in [6, 6.07) is 0. The second kappa shape index (κ2) is 4.28. The summed E-state index contributed by atoms with van der Waals surface area (Å²) in [5.74, 6) is 0.860. The average Bonchev–Trinajstić information content (AvgIpc) is 2.38. The number of hydrogen-bond donors (Lipinski definition) is 0. The van der Waals surface area contributed by atoms with E-state index < -0.39 is 0 Å². The van der Waals surface area contributed by atoms with Crippen molar-refractivity contribution < 1.29 is 4.74 Å². The fraction of sp³-hybridized carbons (Fsp3) is 0.833. The maximum Gasteiger partial charge on any atom is 0.0757 e. The summed E-state index contributed by atoms with van der Waals surface area (Å²) in [6.45, 7) is 3.84. The van der Waals surface area contributed by atoms with Gasteiger partial charge >= 0.3 is 0 Å². The second-order valence-electron chi connectivity index (χ2n) is 4.42. The molecule has 0 N–H and O–H groups in total. The fourth-order valence-electron chi connectivity index (χ4n) is 2.73. The van der Waals surface area contributed by atoms with Gasteiger partial charge in [0.2, 0.25) is 0 Å². The highest BCUT2D eigenvalue weighted by Gasteiger charge is 2.29. The van der Waals surface area contributed by atoms with E-state index in [1.807, 2.05) is 6.08 Å². The van der Waals surface area contributed by atoms with Gasteiger partial charge in [-0.25, -0.2) is 0 Å². The molecule has 2 rings (SSSR count). The van der Waals surface area contributed by atoms with Crippen LogP contribution in [0.4, 0.5) is 0 Å². The van der Waals surface area contributed by atoms with Gasteiger partial charge in [0.05, 0.1) is 12.2 Å². The molecule has 2 aliphatic rings. The van der Waals surface area contributed by atoms with Crippen LogP contribution in [-0.2, 0) is 4.74 Å². The highest BCUT2D eigenvalue weighted by molar-refractivity contribution is 4.87. The van der Waals surface area contributed by atoms with E-state index >= 15 is 0 Å². The van der Waals surface area contributed by atoms with Crippen LogP contribution in [0.25, 0.3) is 0 Å². The van der Waals surface area contributed by atoms with Crippen molar-refractivity contribution in [2.45, 2.75) is 57.2 Å². The smallest absolute Gasteiger partial charge is 0.0757 e. The van der Waals surface area contributed by atoms with Crippen molar-refractivity contribution in [3.63, 3.8) is 0 Å². The molecule has 0 radical (unpaired) electrons. The molecule has 0 unspecified atom stereocenters. The first kappa shape index (κ1) is 9.26. The molecule has 1 saturated carbocycles. The molecule has 74 valence electrons. The summed E-state index contributed by atoms with van der Waals surface area (Å²) < 4.78 is 6.05. The van der Waals surface area contributed by atoms with E-state index in [2.05, 4.69) is 6.58 Å². The molecule has 0 aromatic carbocycles. The van der Waals surface area contributed by atoms with Crippen molar-refractivity contribution >= 4 is 0 Å². The minimum absolute atomic E-state index is 0.341. The molecule has 13 heavy (non-hydrogen) atoms. The van der Waals surface area contributed by atoms with Gasteiger partial charge in [0.15, 0.2) is 0 Å². The molecule has 1 nitrogen and oxygen atoms in total. The highest BCUT2D eigenvalue weighted by atomic mass is 16.5. The van der Waals surface area contributed by atoms with Gasteiger partial charge in [0.1, 0.15) is 0 Å². The van der Waals surface area contributed by atoms with Crippen LogP contribution in [0.1, 0.15) is 44.9 Å². The first-order chi connectivity index (χ1) is 6.40. The zero-order valence-electron chi connectivity index (χ0n) is 8.37. The molecule has 0 aromatic heterocycles. The molecule has 1 saturated heterocycles. The van der Waals surface area contributed by atoms with Crippen LogP contribution in [0, 0.1) is 5.92 Å². The Morgan fingerprint density at radius 2 is 1.77 bits per heavy atom. The quantitative estimate of drug-likeness (QED) is 0.563. The normalized spacial score (nSPS) is 40.5. The Kier molecular flexibility index (Phi) is 3.05.